The van der Waals surface area contributed by atoms with Gasteiger partial charge < -0.3 is 36.2 Å². The smallest absolute Gasteiger partial charge is 0.139 e. The summed E-state index contributed by atoms with van der Waals surface area (Å²) in [5.41, 5.74) is 1.36. The van der Waals surface area contributed by atoms with Crippen LogP contribution in [0.3, 0.4) is 0 Å². The standard InChI is InChI=1S/C20H16N2O5S2/c23-11-2-4-13(17(26)8-11)19(28)21-10-1-6-16(25)15(7-10)22-20(29)14-5-3-12(24)9-18(14)27/h1-9,23-27H,(H,21,28)(H,22,29). The maximum absolute atomic E-state index is 10.1. The summed E-state index contributed by atoms with van der Waals surface area (Å²) in [5.74, 6) is -0.663. The van der Waals surface area contributed by atoms with Gasteiger partial charge in [-0.1, -0.05) is 24.4 Å². The van der Waals surface area contributed by atoms with Crippen molar-refractivity contribution < 1.29 is 25.5 Å². The molecule has 0 amide bonds. The number of phenols is 5. The molecule has 148 valence electrons. The average Bonchev–Trinajstić information content (AvgIpc) is 2.64. The molecule has 0 aliphatic carbocycles. The minimum absolute atomic E-state index is 0.0869. The topological polar surface area (TPSA) is 125 Å². The molecule has 0 bridgehead atoms. The lowest BCUT2D eigenvalue weighted by molar-refractivity contribution is 0.449. The highest BCUT2D eigenvalue weighted by Crippen LogP contribution is 2.30. The van der Waals surface area contributed by atoms with Crippen molar-refractivity contribution in [2.75, 3.05) is 10.6 Å². The number of aromatic hydroxyl groups is 5. The molecule has 0 saturated heterocycles. The first-order valence-electron chi connectivity index (χ1n) is 8.24. The van der Waals surface area contributed by atoms with Gasteiger partial charge in [-0.2, -0.15) is 0 Å². The first kappa shape index (κ1) is 20.2. The van der Waals surface area contributed by atoms with Crippen molar-refractivity contribution in [3.63, 3.8) is 0 Å². The molecular formula is C20H16N2O5S2. The van der Waals surface area contributed by atoms with E-state index >= 15 is 0 Å². The summed E-state index contributed by atoms with van der Waals surface area (Å²) in [7, 11) is 0. The van der Waals surface area contributed by atoms with Crippen LogP contribution in [-0.2, 0) is 0 Å². The van der Waals surface area contributed by atoms with Crippen LogP contribution >= 0.6 is 24.4 Å². The van der Waals surface area contributed by atoms with E-state index in [0.717, 1.165) is 6.07 Å². The van der Waals surface area contributed by atoms with Crippen LogP contribution in [0.25, 0.3) is 0 Å². The zero-order chi connectivity index (χ0) is 21.1. The Morgan fingerprint density at radius 1 is 0.586 bits per heavy atom. The van der Waals surface area contributed by atoms with Gasteiger partial charge >= 0.3 is 0 Å². The Labute approximate surface area is 176 Å². The molecule has 7 N–H and O–H groups in total. The van der Waals surface area contributed by atoms with Crippen LogP contribution in [0.4, 0.5) is 11.4 Å². The van der Waals surface area contributed by atoms with Gasteiger partial charge in [-0.15, -0.1) is 0 Å². The van der Waals surface area contributed by atoms with Crippen molar-refractivity contribution in [2.45, 2.75) is 0 Å². The van der Waals surface area contributed by atoms with E-state index in [-0.39, 0.29) is 50.0 Å². The van der Waals surface area contributed by atoms with E-state index in [1.807, 2.05) is 0 Å². The number of benzene rings is 3. The fourth-order valence-corrected chi connectivity index (χ4v) is 3.10. The molecule has 0 heterocycles. The van der Waals surface area contributed by atoms with E-state index < -0.39 is 0 Å². The molecule has 29 heavy (non-hydrogen) atoms. The predicted molar refractivity (Wildman–Crippen MR) is 118 cm³/mol. The quantitative estimate of drug-likeness (QED) is 0.189. The van der Waals surface area contributed by atoms with Gasteiger partial charge in [0.1, 0.15) is 38.7 Å². The van der Waals surface area contributed by atoms with Crippen molar-refractivity contribution in [3.8, 4) is 28.7 Å². The number of nitrogens with one attached hydrogen (secondary N) is 2. The lowest BCUT2D eigenvalue weighted by atomic mass is 10.1. The summed E-state index contributed by atoms with van der Waals surface area (Å²) in [4.78, 5) is 0.339. The van der Waals surface area contributed by atoms with E-state index in [4.69, 9.17) is 24.4 Å². The Morgan fingerprint density at radius 2 is 1.10 bits per heavy atom. The van der Waals surface area contributed by atoms with Crippen LogP contribution in [0.15, 0.2) is 54.6 Å². The largest absolute Gasteiger partial charge is 0.508 e. The molecule has 0 radical (unpaired) electrons. The van der Waals surface area contributed by atoms with Gasteiger partial charge in [-0.25, -0.2) is 0 Å². The van der Waals surface area contributed by atoms with E-state index in [1.165, 1.54) is 36.4 Å². The van der Waals surface area contributed by atoms with Gasteiger partial charge in [0.25, 0.3) is 0 Å². The van der Waals surface area contributed by atoms with Crippen LogP contribution in [0.5, 0.6) is 28.7 Å². The van der Waals surface area contributed by atoms with Gasteiger partial charge in [0, 0.05) is 17.8 Å². The van der Waals surface area contributed by atoms with Crippen LogP contribution in [0.1, 0.15) is 11.1 Å². The molecule has 7 nitrogen and oxygen atoms in total. The fourth-order valence-electron chi connectivity index (χ4n) is 2.53. The third-order valence-corrected chi connectivity index (χ3v) is 4.60. The molecule has 0 aliphatic heterocycles. The molecule has 3 aromatic carbocycles. The monoisotopic (exact) mass is 428 g/mol. The predicted octanol–water partition coefficient (Wildman–Crippen LogP) is 3.79. The number of anilines is 2. The van der Waals surface area contributed by atoms with Crippen LogP contribution in [-0.4, -0.2) is 35.5 Å². The molecule has 0 atom stereocenters. The molecule has 3 rings (SSSR count). The Balaban J connectivity index is 1.80. The van der Waals surface area contributed by atoms with E-state index in [0.29, 0.717) is 11.3 Å². The van der Waals surface area contributed by atoms with Gasteiger partial charge in [0.2, 0.25) is 0 Å². The number of hydrogen-bond donors (Lipinski definition) is 7. The normalized spacial score (nSPS) is 10.3. The van der Waals surface area contributed by atoms with Crippen molar-refractivity contribution in [1.29, 1.82) is 0 Å². The second-order valence-corrected chi connectivity index (χ2v) is 6.86. The highest BCUT2D eigenvalue weighted by atomic mass is 32.1. The molecule has 0 spiro atoms. The second kappa shape index (κ2) is 8.21. The third-order valence-electron chi connectivity index (χ3n) is 3.95. The SMILES string of the molecule is Oc1ccc(C(=S)Nc2ccc(O)c(NC(=S)c3ccc(O)cc3O)c2)c(O)c1. The Kier molecular flexibility index (Phi) is 5.71. The lowest BCUT2D eigenvalue weighted by Gasteiger charge is -2.14. The molecule has 0 aromatic heterocycles. The summed E-state index contributed by atoms with van der Waals surface area (Å²) < 4.78 is 0. The summed E-state index contributed by atoms with van der Waals surface area (Å²) in [6, 6.07) is 12.6. The fraction of sp³-hybridized carbons (Fsp3) is 0. The first-order chi connectivity index (χ1) is 13.7. The van der Waals surface area contributed by atoms with Gasteiger partial charge in [0.15, 0.2) is 0 Å². The number of hydrogen-bond acceptors (Lipinski definition) is 7. The van der Waals surface area contributed by atoms with Crippen LogP contribution in [0, 0.1) is 0 Å². The Hall–Kier alpha value is -3.56. The lowest BCUT2D eigenvalue weighted by Crippen LogP contribution is -2.13. The van der Waals surface area contributed by atoms with Gasteiger partial charge in [-0.3, -0.25) is 0 Å². The molecular weight excluding hydrogens is 412 g/mol. The molecule has 0 saturated carbocycles. The maximum Gasteiger partial charge on any atom is 0.139 e. The zero-order valence-electron chi connectivity index (χ0n) is 14.7. The average molecular weight is 428 g/mol. The third kappa shape index (κ3) is 4.65. The van der Waals surface area contributed by atoms with Gasteiger partial charge in [0.05, 0.1) is 16.8 Å². The van der Waals surface area contributed by atoms with Crippen molar-refractivity contribution in [3.05, 3.63) is 65.7 Å². The molecule has 0 unspecified atom stereocenters. The zero-order valence-corrected chi connectivity index (χ0v) is 16.4. The Bertz CT molecular complexity index is 1120. The summed E-state index contributed by atoms with van der Waals surface area (Å²) in [6.07, 6.45) is 0. The molecule has 3 aromatic rings. The minimum Gasteiger partial charge on any atom is -0.508 e. The van der Waals surface area contributed by atoms with Crippen LogP contribution < -0.4 is 10.6 Å². The highest BCUT2D eigenvalue weighted by molar-refractivity contribution is 7.81. The number of thiocarbonyl (C=S) groups is 2. The summed E-state index contributed by atoms with van der Waals surface area (Å²) >= 11 is 10.5. The van der Waals surface area contributed by atoms with Gasteiger partial charge in [-0.05, 0) is 42.5 Å². The minimum atomic E-state index is -0.208. The van der Waals surface area contributed by atoms with E-state index in [9.17, 15) is 25.5 Å². The van der Waals surface area contributed by atoms with E-state index in [2.05, 4.69) is 10.6 Å². The van der Waals surface area contributed by atoms with E-state index in [1.54, 1.807) is 12.1 Å². The van der Waals surface area contributed by atoms with Crippen molar-refractivity contribution in [2.24, 2.45) is 0 Å². The summed E-state index contributed by atoms with van der Waals surface area (Å²) in [6.45, 7) is 0. The highest BCUT2D eigenvalue weighted by Gasteiger charge is 2.13. The molecule has 9 heteroatoms. The molecule has 0 aliphatic rings. The Morgan fingerprint density at radius 3 is 1.62 bits per heavy atom. The molecule has 0 fully saturated rings. The second-order valence-electron chi connectivity index (χ2n) is 6.04. The van der Waals surface area contributed by atoms with Crippen molar-refractivity contribution in [1.82, 2.24) is 0 Å². The van der Waals surface area contributed by atoms with Crippen LogP contribution in [0.2, 0.25) is 0 Å². The van der Waals surface area contributed by atoms with Crippen molar-refractivity contribution >= 4 is 45.8 Å². The first-order valence-corrected chi connectivity index (χ1v) is 9.06. The summed E-state index contributed by atoms with van der Waals surface area (Å²) in [5, 5.41) is 54.5. The maximum atomic E-state index is 10.1. The number of phenolic OH excluding ortho intramolecular Hbond substituents is 5. The number of rotatable bonds is 4.